The van der Waals surface area contributed by atoms with Gasteiger partial charge in [0.05, 0.1) is 11.7 Å². The Labute approximate surface area is 108 Å². The largest absolute Gasteiger partial charge is 0.449 e. The summed E-state index contributed by atoms with van der Waals surface area (Å²) in [6, 6.07) is 10.9. The van der Waals surface area contributed by atoms with Gasteiger partial charge in [-0.25, -0.2) is 4.98 Å². The fourth-order valence-electron chi connectivity index (χ4n) is 2.14. The number of hydrogen-bond acceptors (Lipinski definition) is 3. The van der Waals surface area contributed by atoms with Gasteiger partial charge in [-0.3, -0.25) is 0 Å². The van der Waals surface area contributed by atoms with Crippen LogP contribution in [0.1, 0.15) is 36.0 Å². The molecule has 0 saturated heterocycles. The van der Waals surface area contributed by atoms with Crippen molar-refractivity contribution in [2.24, 2.45) is 0 Å². The summed E-state index contributed by atoms with van der Waals surface area (Å²) in [5, 5.41) is 3.30. The van der Waals surface area contributed by atoms with Gasteiger partial charge >= 0.3 is 0 Å². The van der Waals surface area contributed by atoms with Gasteiger partial charge < -0.3 is 9.73 Å². The van der Waals surface area contributed by atoms with Gasteiger partial charge in [-0.15, -0.1) is 0 Å². The topological polar surface area (TPSA) is 38.1 Å². The predicted molar refractivity (Wildman–Crippen MR) is 72.4 cm³/mol. The van der Waals surface area contributed by atoms with E-state index in [1.54, 1.807) is 6.26 Å². The summed E-state index contributed by atoms with van der Waals surface area (Å²) in [6.45, 7) is 1.88. The Hall–Kier alpha value is -1.61. The lowest BCUT2D eigenvalue weighted by molar-refractivity contribution is 0.502. The standard InChI is InChI=1S/C15H20N2O/c1-12-17-15(11-18-12)14(16-2)10-6-9-13-7-4-3-5-8-13/h3-5,7-8,11,14,16H,6,9-10H2,1-2H3. The molecule has 2 rings (SSSR count). The minimum atomic E-state index is 0.283. The number of nitrogens with zero attached hydrogens (tertiary/aromatic N) is 1. The molecule has 1 unspecified atom stereocenters. The van der Waals surface area contributed by atoms with Crippen LogP contribution in [0.15, 0.2) is 41.0 Å². The Balaban J connectivity index is 1.85. The second kappa shape index (κ2) is 6.36. The lowest BCUT2D eigenvalue weighted by Gasteiger charge is -2.12. The second-order valence-electron chi connectivity index (χ2n) is 4.51. The highest BCUT2D eigenvalue weighted by atomic mass is 16.3. The molecule has 0 aliphatic heterocycles. The molecular formula is C15H20N2O. The Morgan fingerprint density at radius 2 is 2.06 bits per heavy atom. The number of benzene rings is 1. The zero-order valence-electron chi connectivity index (χ0n) is 11.0. The molecule has 1 N–H and O–H groups in total. The summed E-state index contributed by atoms with van der Waals surface area (Å²) in [5.41, 5.74) is 2.40. The average Bonchev–Trinajstić information content (AvgIpc) is 2.82. The molecule has 2 aromatic rings. The first-order valence-corrected chi connectivity index (χ1v) is 6.43. The van der Waals surface area contributed by atoms with Crippen LogP contribution in [0.4, 0.5) is 0 Å². The van der Waals surface area contributed by atoms with Crippen LogP contribution in [0.25, 0.3) is 0 Å². The van der Waals surface area contributed by atoms with Gasteiger partial charge in [0.1, 0.15) is 6.26 Å². The molecule has 1 atom stereocenters. The molecule has 0 radical (unpaired) electrons. The number of oxazole rings is 1. The third-order valence-electron chi connectivity index (χ3n) is 3.14. The smallest absolute Gasteiger partial charge is 0.191 e. The number of aromatic nitrogens is 1. The fourth-order valence-corrected chi connectivity index (χ4v) is 2.14. The van der Waals surface area contributed by atoms with Crippen LogP contribution in [0.5, 0.6) is 0 Å². The van der Waals surface area contributed by atoms with Gasteiger partial charge in [0, 0.05) is 6.92 Å². The molecule has 96 valence electrons. The van der Waals surface area contributed by atoms with Gasteiger partial charge in [0.2, 0.25) is 0 Å². The summed E-state index contributed by atoms with van der Waals surface area (Å²) in [5.74, 6) is 0.730. The van der Waals surface area contributed by atoms with Crippen LogP contribution in [0.3, 0.4) is 0 Å². The van der Waals surface area contributed by atoms with E-state index in [9.17, 15) is 0 Å². The van der Waals surface area contributed by atoms with Crippen LogP contribution in [-0.4, -0.2) is 12.0 Å². The van der Waals surface area contributed by atoms with Crippen LogP contribution in [0, 0.1) is 6.92 Å². The summed E-state index contributed by atoms with van der Waals surface area (Å²) in [4.78, 5) is 4.38. The Bertz CT molecular complexity index is 464. The summed E-state index contributed by atoms with van der Waals surface area (Å²) < 4.78 is 5.26. The van der Waals surface area contributed by atoms with E-state index >= 15 is 0 Å². The summed E-state index contributed by atoms with van der Waals surface area (Å²) >= 11 is 0. The number of rotatable bonds is 6. The number of hydrogen-bond donors (Lipinski definition) is 1. The first kappa shape index (κ1) is 12.8. The van der Waals surface area contributed by atoms with Crippen LogP contribution >= 0.6 is 0 Å². The first-order chi connectivity index (χ1) is 8.79. The normalized spacial score (nSPS) is 12.6. The quantitative estimate of drug-likeness (QED) is 0.847. The average molecular weight is 244 g/mol. The van der Waals surface area contributed by atoms with E-state index in [0.717, 1.165) is 30.8 Å². The van der Waals surface area contributed by atoms with E-state index in [1.807, 2.05) is 14.0 Å². The molecule has 3 nitrogen and oxygen atoms in total. The number of nitrogens with one attached hydrogen (secondary N) is 1. The first-order valence-electron chi connectivity index (χ1n) is 6.43. The van der Waals surface area contributed by atoms with E-state index in [-0.39, 0.29) is 6.04 Å². The molecule has 0 aliphatic carbocycles. The van der Waals surface area contributed by atoms with Crippen molar-refractivity contribution in [3.05, 3.63) is 53.7 Å². The Kier molecular flexibility index (Phi) is 4.53. The monoisotopic (exact) mass is 244 g/mol. The SMILES string of the molecule is CNC(CCCc1ccccc1)c1coc(C)n1. The molecule has 1 aromatic heterocycles. The minimum absolute atomic E-state index is 0.283. The van der Waals surface area contributed by atoms with E-state index in [4.69, 9.17) is 4.42 Å². The zero-order valence-corrected chi connectivity index (χ0v) is 11.0. The van der Waals surface area contributed by atoms with Gasteiger partial charge in [-0.1, -0.05) is 30.3 Å². The number of aryl methyl sites for hydroxylation is 2. The molecule has 1 heterocycles. The van der Waals surface area contributed by atoms with Crippen molar-refractivity contribution in [2.75, 3.05) is 7.05 Å². The molecule has 1 aromatic carbocycles. The van der Waals surface area contributed by atoms with Crippen molar-refractivity contribution in [3.63, 3.8) is 0 Å². The van der Waals surface area contributed by atoms with Crippen molar-refractivity contribution in [1.82, 2.24) is 10.3 Å². The molecule has 3 heteroatoms. The van der Waals surface area contributed by atoms with Crippen molar-refractivity contribution in [3.8, 4) is 0 Å². The van der Waals surface area contributed by atoms with E-state index < -0.39 is 0 Å². The lowest BCUT2D eigenvalue weighted by Crippen LogP contribution is -2.16. The van der Waals surface area contributed by atoms with Crippen molar-refractivity contribution < 1.29 is 4.42 Å². The van der Waals surface area contributed by atoms with Crippen LogP contribution in [-0.2, 0) is 6.42 Å². The highest BCUT2D eigenvalue weighted by Gasteiger charge is 2.12. The zero-order chi connectivity index (χ0) is 12.8. The Morgan fingerprint density at radius 3 is 2.67 bits per heavy atom. The maximum atomic E-state index is 5.26. The van der Waals surface area contributed by atoms with Crippen molar-refractivity contribution in [1.29, 1.82) is 0 Å². The highest BCUT2D eigenvalue weighted by Crippen LogP contribution is 2.18. The molecule has 18 heavy (non-hydrogen) atoms. The van der Waals surface area contributed by atoms with Gasteiger partial charge in [0.15, 0.2) is 5.89 Å². The predicted octanol–water partition coefficient (Wildman–Crippen LogP) is 3.27. The molecule has 0 bridgehead atoms. The van der Waals surface area contributed by atoms with Crippen molar-refractivity contribution in [2.45, 2.75) is 32.2 Å². The molecule has 0 fully saturated rings. The lowest BCUT2D eigenvalue weighted by atomic mass is 10.0. The molecular weight excluding hydrogens is 224 g/mol. The maximum absolute atomic E-state index is 5.26. The molecule has 0 saturated carbocycles. The maximum Gasteiger partial charge on any atom is 0.191 e. The molecule has 0 spiro atoms. The molecule has 0 amide bonds. The van der Waals surface area contributed by atoms with Gasteiger partial charge in [-0.2, -0.15) is 0 Å². The second-order valence-corrected chi connectivity index (χ2v) is 4.51. The van der Waals surface area contributed by atoms with Crippen LogP contribution < -0.4 is 5.32 Å². The Morgan fingerprint density at radius 1 is 1.28 bits per heavy atom. The van der Waals surface area contributed by atoms with Gasteiger partial charge in [0.25, 0.3) is 0 Å². The highest BCUT2D eigenvalue weighted by molar-refractivity contribution is 5.14. The minimum Gasteiger partial charge on any atom is -0.449 e. The fraction of sp³-hybridized carbons (Fsp3) is 0.400. The molecule has 0 aliphatic rings. The van der Waals surface area contributed by atoms with E-state index in [2.05, 4.69) is 40.6 Å². The van der Waals surface area contributed by atoms with Gasteiger partial charge in [-0.05, 0) is 31.9 Å². The third kappa shape index (κ3) is 3.44. The van der Waals surface area contributed by atoms with Crippen LogP contribution in [0.2, 0.25) is 0 Å². The van der Waals surface area contributed by atoms with E-state index in [0.29, 0.717) is 0 Å². The summed E-state index contributed by atoms with van der Waals surface area (Å²) in [6.07, 6.45) is 5.06. The summed E-state index contributed by atoms with van der Waals surface area (Å²) in [7, 11) is 1.97. The van der Waals surface area contributed by atoms with E-state index in [1.165, 1.54) is 5.56 Å². The third-order valence-corrected chi connectivity index (χ3v) is 3.14. The van der Waals surface area contributed by atoms with Crippen molar-refractivity contribution >= 4 is 0 Å².